The second-order valence-electron chi connectivity index (χ2n) is 5.03. The van der Waals surface area contributed by atoms with Gasteiger partial charge in [0.2, 0.25) is 0 Å². The molecule has 1 aliphatic carbocycles. The Morgan fingerprint density at radius 2 is 1.95 bits per heavy atom. The van der Waals surface area contributed by atoms with E-state index in [2.05, 4.69) is 10.1 Å². The molecule has 7 heteroatoms. The van der Waals surface area contributed by atoms with Crippen molar-refractivity contribution in [1.82, 2.24) is 14.8 Å². The van der Waals surface area contributed by atoms with Crippen molar-refractivity contribution in [3.05, 3.63) is 29.6 Å². The van der Waals surface area contributed by atoms with Gasteiger partial charge in [0.05, 0.1) is 5.56 Å². The highest BCUT2D eigenvalue weighted by Crippen LogP contribution is 2.39. The molecular weight excluding hydrogens is 269 g/mol. The Labute approximate surface area is 113 Å². The van der Waals surface area contributed by atoms with Crippen molar-refractivity contribution >= 4 is 5.69 Å². The molecule has 1 fully saturated rings. The van der Waals surface area contributed by atoms with Crippen LogP contribution in [-0.2, 0) is 13.2 Å². The van der Waals surface area contributed by atoms with Crippen molar-refractivity contribution < 1.29 is 13.2 Å². The molecule has 0 saturated heterocycles. The number of halogens is 3. The first-order valence-corrected chi connectivity index (χ1v) is 6.23. The first-order chi connectivity index (χ1) is 9.34. The van der Waals surface area contributed by atoms with Gasteiger partial charge in [-0.2, -0.15) is 18.3 Å². The molecule has 0 unspecified atom stereocenters. The maximum atomic E-state index is 12.8. The molecule has 4 nitrogen and oxygen atoms in total. The van der Waals surface area contributed by atoms with Gasteiger partial charge in [-0.3, -0.25) is 0 Å². The number of rotatable bonds is 2. The maximum absolute atomic E-state index is 12.8. The standard InChI is InChI=1S/C13H13F3N4/c1-20-12(18-11(19-20)7-2-3-7)8-4-9(13(14,15)16)6-10(17)5-8/h4-7H,2-3,17H2,1H3. The first-order valence-electron chi connectivity index (χ1n) is 6.23. The van der Waals surface area contributed by atoms with Gasteiger partial charge in [0.1, 0.15) is 0 Å². The van der Waals surface area contributed by atoms with Gasteiger partial charge in [-0.1, -0.05) is 0 Å². The molecule has 1 saturated carbocycles. The van der Waals surface area contributed by atoms with Crippen molar-refractivity contribution in [2.24, 2.45) is 7.05 Å². The van der Waals surface area contributed by atoms with Crippen LogP contribution in [0.25, 0.3) is 11.4 Å². The molecule has 2 N–H and O–H groups in total. The lowest BCUT2D eigenvalue weighted by atomic mass is 10.1. The van der Waals surface area contributed by atoms with E-state index in [1.165, 1.54) is 10.7 Å². The van der Waals surface area contributed by atoms with Gasteiger partial charge in [0.15, 0.2) is 11.6 Å². The summed E-state index contributed by atoms with van der Waals surface area (Å²) in [4.78, 5) is 4.34. The summed E-state index contributed by atoms with van der Waals surface area (Å²) in [5, 5.41) is 4.25. The molecule has 1 aliphatic rings. The van der Waals surface area contributed by atoms with E-state index >= 15 is 0 Å². The van der Waals surface area contributed by atoms with Gasteiger partial charge in [-0.15, -0.1) is 0 Å². The molecule has 106 valence electrons. The number of aromatic nitrogens is 3. The average molecular weight is 282 g/mol. The fourth-order valence-electron chi connectivity index (χ4n) is 2.11. The predicted octanol–water partition coefficient (Wildman–Crippen LogP) is 2.96. The maximum Gasteiger partial charge on any atom is 0.416 e. The van der Waals surface area contributed by atoms with E-state index in [1.54, 1.807) is 7.05 Å². The second-order valence-corrected chi connectivity index (χ2v) is 5.03. The van der Waals surface area contributed by atoms with Crippen molar-refractivity contribution in [2.75, 3.05) is 5.73 Å². The predicted molar refractivity (Wildman–Crippen MR) is 67.8 cm³/mol. The monoisotopic (exact) mass is 282 g/mol. The van der Waals surface area contributed by atoms with E-state index in [4.69, 9.17) is 5.73 Å². The molecule has 3 rings (SSSR count). The fourth-order valence-corrected chi connectivity index (χ4v) is 2.11. The molecule has 0 spiro atoms. The molecule has 2 aromatic rings. The number of nitrogens with zero attached hydrogens (tertiary/aromatic N) is 3. The number of hydrogen-bond acceptors (Lipinski definition) is 3. The number of nitrogens with two attached hydrogens (primary N) is 1. The minimum atomic E-state index is -4.43. The third kappa shape index (κ3) is 2.35. The molecule has 0 aliphatic heterocycles. The van der Waals surface area contributed by atoms with Crippen molar-refractivity contribution in [3.8, 4) is 11.4 Å². The number of aryl methyl sites for hydroxylation is 1. The summed E-state index contributed by atoms with van der Waals surface area (Å²) in [6.45, 7) is 0. The minimum absolute atomic E-state index is 0.0609. The Morgan fingerprint density at radius 1 is 1.25 bits per heavy atom. The Balaban J connectivity index is 2.07. The summed E-state index contributed by atoms with van der Waals surface area (Å²) in [6.07, 6.45) is -2.36. The Bertz CT molecular complexity index is 656. The summed E-state index contributed by atoms with van der Waals surface area (Å²) in [7, 11) is 1.67. The number of nitrogen functional groups attached to an aromatic ring is 1. The summed E-state index contributed by atoms with van der Waals surface area (Å²) in [5.41, 5.74) is 5.18. The number of alkyl halides is 3. The summed E-state index contributed by atoms with van der Waals surface area (Å²) in [6, 6.07) is 3.45. The fraction of sp³-hybridized carbons (Fsp3) is 0.385. The third-order valence-corrected chi connectivity index (χ3v) is 3.26. The Hall–Kier alpha value is -2.05. The molecule has 1 aromatic heterocycles. The quantitative estimate of drug-likeness (QED) is 0.861. The summed E-state index contributed by atoms with van der Waals surface area (Å²) >= 11 is 0. The van der Waals surface area contributed by atoms with E-state index in [0.29, 0.717) is 23.1 Å². The highest BCUT2D eigenvalue weighted by atomic mass is 19.4. The topological polar surface area (TPSA) is 56.7 Å². The number of anilines is 1. The minimum Gasteiger partial charge on any atom is -0.399 e. The molecule has 1 heterocycles. The van der Waals surface area contributed by atoms with Gasteiger partial charge < -0.3 is 5.73 Å². The van der Waals surface area contributed by atoms with Crippen molar-refractivity contribution in [1.29, 1.82) is 0 Å². The molecule has 20 heavy (non-hydrogen) atoms. The Kier molecular flexibility index (Phi) is 2.74. The van der Waals surface area contributed by atoms with Gasteiger partial charge >= 0.3 is 6.18 Å². The van der Waals surface area contributed by atoms with Crippen LogP contribution >= 0.6 is 0 Å². The van der Waals surface area contributed by atoms with E-state index in [-0.39, 0.29) is 5.69 Å². The average Bonchev–Trinajstić information content (AvgIpc) is 3.11. The van der Waals surface area contributed by atoms with Crippen LogP contribution in [0.3, 0.4) is 0 Å². The van der Waals surface area contributed by atoms with Gasteiger partial charge in [0.25, 0.3) is 0 Å². The Morgan fingerprint density at radius 3 is 2.55 bits per heavy atom. The van der Waals surface area contributed by atoms with Crippen molar-refractivity contribution in [3.63, 3.8) is 0 Å². The molecule has 0 bridgehead atoms. The van der Waals surface area contributed by atoms with Crippen LogP contribution in [0.5, 0.6) is 0 Å². The van der Waals surface area contributed by atoms with E-state index < -0.39 is 11.7 Å². The van der Waals surface area contributed by atoms with E-state index in [1.807, 2.05) is 0 Å². The molecule has 0 radical (unpaired) electrons. The molecule has 0 atom stereocenters. The van der Waals surface area contributed by atoms with Crippen LogP contribution in [0.4, 0.5) is 18.9 Å². The lowest BCUT2D eigenvalue weighted by Gasteiger charge is -2.10. The number of benzene rings is 1. The lowest BCUT2D eigenvalue weighted by Crippen LogP contribution is -2.06. The van der Waals surface area contributed by atoms with Crippen molar-refractivity contribution in [2.45, 2.75) is 24.9 Å². The van der Waals surface area contributed by atoms with Crippen LogP contribution in [0.2, 0.25) is 0 Å². The molecular formula is C13H13F3N4. The van der Waals surface area contributed by atoms with Gasteiger partial charge in [-0.05, 0) is 31.0 Å². The van der Waals surface area contributed by atoms with Crippen LogP contribution < -0.4 is 5.73 Å². The van der Waals surface area contributed by atoms with E-state index in [9.17, 15) is 13.2 Å². The zero-order chi connectivity index (χ0) is 14.5. The first kappa shape index (κ1) is 13.0. The highest BCUT2D eigenvalue weighted by molar-refractivity contribution is 5.63. The second kappa shape index (κ2) is 4.22. The highest BCUT2D eigenvalue weighted by Gasteiger charge is 2.32. The van der Waals surface area contributed by atoms with Crippen LogP contribution in [0.1, 0.15) is 30.1 Å². The summed E-state index contributed by atoms with van der Waals surface area (Å²) < 4.78 is 39.9. The largest absolute Gasteiger partial charge is 0.416 e. The zero-order valence-corrected chi connectivity index (χ0v) is 10.8. The molecule has 1 aromatic carbocycles. The van der Waals surface area contributed by atoms with Crippen LogP contribution in [0, 0.1) is 0 Å². The number of hydrogen-bond donors (Lipinski definition) is 1. The normalized spacial score (nSPS) is 15.6. The smallest absolute Gasteiger partial charge is 0.399 e. The van der Waals surface area contributed by atoms with Crippen LogP contribution in [0.15, 0.2) is 18.2 Å². The van der Waals surface area contributed by atoms with Crippen LogP contribution in [-0.4, -0.2) is 14.8 Å². The van der Waals surface area contributed by atoms with Gasteiger partial charge in [0, 0.05) is 24.2 Å². The third-order valence-electron chi connectivity index (χ3n) is 3.26. The zero-order valence-electron chi connectivity index (χ0n) is 10.8. The SMILES string of the molecule is Cn1nc(C2CC2)nc1-c1cc(N)cc(C(F)(F)F)c1. The summed E-state index contributed by atoms with van der Waals surface area (Å²) in [5.74, 6) is 1.45. The molecule has 0 amide bonds. The van der Waals surface area contributed by atoms with Gasteiger partial charge in [-0.25, -0.2) is 9.67 Å². The van der Waals surface area contributed by atoms with E-state index in [0.717, 1.165) is 25.0 Å². The lowest BCUT2D eigenvalue weighted by molar-refractivity contribution is -0.137.